The van der Waals surface area contributed by atoms with E-state index in [1.54, 1.807) is 0 Å². The van der Waals surface area contributed by atoms with Gasteiger partial charge in [0.15, 0.2) is 0 Å². The lowest BCUT2D eigenvalue weighted by atomic mass is 10.0. The first kappa shape index (κ1) is 19.7. The molecule has 0 heterocycles. The molecule has 0 aromatic heterocycles. The molecule has 0 saturated heterocycles. The lowest BCUT2D eigenvalue weighted by Crippen LogP contribution is -2.12. The van der Waals surface area contributed by atoms with Crippen molar-refractivity contribution in [2.45, 2.75) is 110 Å². The third-order valence-corrected chi connectivity index (χ3v) is 3.90. The molecule has 1 nitrogen and oxygen atoms in total. The van der Waals surface area contributed by atoms with Gasteiger partial charge in [-0.15, -0.1) is 0 Å². The van der Waals surface area contributed by atoms with Crippen molar-refractivity contribution in [3.63, 3.8) is 0 Å². The molecule has 120 valence electrons. The molecule has 0 saturated carbocycles. The first-order chi connectivity index (χ1) is 9.77. The van der Waals surface area contributed by atoms with Gasteiger partial charge in [-0.3, -0.25) is 0 Å². The van der Waals surface area contributed by atoms with Crippen LogP contribution in [0.1, 0.15) is 104 Å². The van der Waals surface area contributed by atoms with Crippen LogP contribution < -0.4 is 5.73 Å². The van der Waals surface area contributed by atoms with Crippen molar-refractivity contribution < 1.29 is 0 Å². The molecule has 0 aromatic carbocycles. The minimum Gasteiger partial charge on any atom is -0.328 e. The summed E-state index contributed by atoms with van der Waals surface area (Å²) in [4.78, 5) is 0. The summed E-state index contributed by atoms with van der Waals surface area (Å²) in [6.07, 6.45) is 24.0. The second-order valence-corrected chi connectivity index (χ2v) is 6.36. The second kappa shape index (κ2) is 16.8. The zero-order valence-electron chi connectivity index (χ0n) is 14.2. The molecule has 0 fully saturated rings. The number of nitrogens with two attached hydrogens (primary N) is 1. The van der Waals surface area contributed by atoms with Crippen molar-refractivity contribution in [3.05, 3.63) is 12.2 Å². The normalized spacial score (nSPS) is 13.2. The number of hydrogen-bond acceptors (Lipinski definition) is 1. The Labute approximate surface area is 128 Å². The van der Waals surface area contributed by atoms with E-state index >= 15 is 0 Å². The molecule has 1 atom stereocenters. The lowest BCUT2D eigenvalue weighted by Gasteiger charge is -2.02. The van der Waals surface area contributed by atoms with E-state index in [9.17, 15) is 0 Å². The van der Waals surface area contributed by atoms with Crippen molar-refractivity contribution >= 4 is 0 Å². The average molecular weight is 282 g/mol. The van der Waals surface area contributed by atoms with E-state index in [0.29, 0.717) is 6.04 Å². The van der Waals surface area contributed by atoms with Gasteiger partial charge in [0.05, 0.1) is 0 Å². The zero-order chi connectivity index (χ0) is 14.9. The minimum atomic E-state index is 0.313. The topological polar surface area (TPSA) is 26.0 Å². The van der Waals surface area contributed by atoms with Gasteiger partial charge in [0.25, 0.3) is 0 Å². The van der Waals surface area contributed by atoms with Crippen LogP contribution in [0.15, 0.2) is 12.2 Å². The molecule has 0 aliphatic heterocycles. The van der Waals surface area contributed by atoms with E-state index in [0.717, 1.165) is 6.42 Å². The molecule has 1 unspecified atom stereocenters. The van der Waals surface area contributed by atoms with Crippen molar-refractivity contribution in [2.24, 2.45) is 5.73 Å². The molecular weight excluding hydrogens is 242 g/mol. The SMILES string of the molecule is CCCCCCCCCCCCCCC=CCC(C)N. The van der Waals surface area contributed by atoms with Crippen LogP contribution in [-0.2, 0) is 0 Å². The molecule has 0 aromatic rings. The summed E-state index contributed by atoms with van der Waals surface area (Å²) in [5.74, 6) is 0. The average Bonchev–Trinajstić information content (AvgIpc) is 2.43. The Morgan fingerprint density at radius 2 is 1.15 bits per heavy atom. The smallest absolute Gasteiger partial charge is 0.00449 e. The van der Waals surface area contributed by atoms with Crippen LogP contribution in [0.2, 0.25) is 0 Å². The highest BCUT2D eigenvalue weighted by molar-refractivity contribution is 4.83. The van der Waals surface area contributed by atoms with E-state index in [1.165, 1.54) is 83.5 Å². The van der Waals surface area contributed by atoms with Crippen LogP contribution in [0.4, 0.5) is 0 Å². The number of allylic oxidation sites excluding steroid dienone is 1. The molecule has 0 amide bonds. The first-order valence-electron chi connectivity index (χ1n) is 9.18. The molecule has 0 spiro atoms. The van der Waals surface area contributed by atoms with Gasteiger partial charge in [-0.25, -0.2) is 0 Å². The van der Waals surface area contributed by atoms with E-state index in [-0.39, 0.29) is 0 Å². The predicted molar refractivity (Wildman–Crippen MR) is 93.1 cm³/mol. The summed E-state index contributed by atoms with van der Waals surface area (Å²) in [5, 5.41) is 0. The molecule has 0 aliphatic rings. The van der Waals surface area contributed by atoms with Crippen molar-refractivity contribution in [1.82, 2.24) is 0 Å². The highest BCUT2D eigenvalue weighted by Crippen LogP contribution is 2.12. The predicted octanol–water partition coefficient (Wildman–Crippen LogP) is 6.37. The Morgan fingerprint density at radius 3 is 1.60 bits per heavy atom. The number of unbranched alkanes of at least 4 members (excludes halogenated alkanes) is 12. The van der Waals surface area contributed by atoms with Crippen LogP contribution in [0.25, 0.3) is 0 Å². The van der Waals surface area contributed by atoms with Gasteiger partial charge < -0.3 is 5.73 Å². The molecule has 20 heavy (non-hydrogen) atoms. The monoisotopic (exact) mass is 281 g/mol. The first-order valence-corrected chi connectivity index (χ1v) is 9.18. The summed E-state index contributed by atoms with van der Waals surface area (Å²) in [5.41, 5.74) is 5.70. The number of rotatable bonds is 15. The van der Waals surface area contributed by atoms with Gasteiger partial charge in [-0.2, -0.15) is 0 Å². The molecule has 2 N–H and O–H groups in total. The third kappa shape index (κ3) is 17.7. The van der Waals surface area contributed by atoms with Crippen LogP contribution in [0, 0.1) is 0 Å². The summed E-state index contributed by atoms with van der Waals surface area (Å²) < 4.78 is 0. The van der Waals surface area contributed by atoms with E-state index in [2.05, 4.69) is 26.0 Å². The van der Waals surface area contributed by atoms with Crippen LogP contribution in [-0.4, -0.2) is 6.04 Å². The van der Waals surface area contributed by atoms with Gasteiger partial charge in [0, 0.05) is 6.04 Å². The van der Waals surface area contributed by atoms with Gasteiger partial charge >= 0.3 is 0 Å². The molecule has 0 radical (unpaired) electrons. The highest BCUT2D eigenvalue weighted by atomic mass is 14.6. The largest absolute Gasteiger partial charge is 0.328 e. The standard InChI is InChI=1S/C19H39N/c1-3-4-5-6-7-8-9-10-11-12-13-14-15-16-17-18-19(2)20/h16-17,19H,3-15,18,20H2,1-2H3. The maximum absolute atomic E-state index is 5.70. The Morgan fingerprint density at radius 1 is 0.700 bits per heavy atom. The van der Waals surface area contributed by atoms with Crippen molar-refractivity contribution in [1.29, 1.82) is 0 Å². The van der Waals surface area contributed by atoms with E-state index < -0.39 is 0 Å². The Hall–Kier alpha value is -0.300. The summed E-state index contributed by atoms with van der Waals surface area (Å²) in [6.45, 7) is 4.35. The quantitative estimate of drug-likeness (QED) is 0.274. The summed E-state index contributed by atoms with van der Waals surface area (Å²) in [7, 11) is 0. The third-order valence-electron chi connectivity index (χ3n) is 3.90. The maximum Gasteiger partial charge on any atom is 0.00449 e. The molecule has 0 bridgehead atoms. The number of hydrogen-bond donors (Lipinski definition) is 1. The van der Waals surface area contributed by atoms with E-state index in [1.807, 2.05) is 0 Å². The molecule has 0 rings (SSSR count). The van der Waals surface area contributed by atoms with Crippen LogP contribution in [0.3, 0.4) is 0 Å². The fraction of sp³-hybridized carbons (Fsp3) is 0.895. The van der Waals surface area contributed by atoms with Crippen LogP contribution >= 0.6 is 0 Å². The van der Waals surface area contributed by atoms with Gasteiger partial charge in [-0.05, 0) is 26.2 Å². The van der Waals surface area contributed by atoms with Gasteiger partial charge in [-0.1, -0.05) is 89.7 Å². The second-order valence-electron chi connectivity index (χ2n) is 6.36. The lowest BCUT2D eigenvalue weighted by molar-refractivity contribution is 0.545. The van der Waals surface area contributed by atoms with Crippen molar-refractivity contribution in [2.75, 3.05) is 0 Å². The minimum absolute atomic E-state index is 0.313. The Bertz CT molecular complexity index is 196. The Balaban J connectivity index is 3.01. The molecule has 0 aliphatic carbocycles. The summed E-state index contributed by atoms with van der Waals surface area (Å²) >= 11 is 0. The van der Waals surface area contributed by atoms with Crippen molar-refractivity contribution in [3.8, 4) is 0 Å². The fourth-order valence-corrected chi connectivity index (χ4v) is 2.53. The zero-order valence-corrected chi connectivity index (χ0v) is 14.2. The summed E-state index contributed by atoms with van der Waals surface area (Å²) in [6, 6.07) is 0.313. The fourth-order valence-electron chi connectivity index (χ4n) is 2.53. The Kier molecular flexibility index (Phi) is 16.5. The molecule has 1 heteroatoms. The molecular formula is C19H39N. The van der Waals surface area contributed by atoms with Gasteiger partial charge in [0.1, 0.15) is 0 Å². The van der Waals surface area contributed by atoms with Crippen LogP contribution in [0.5, 0.6) is 0 Å². The maximum atomic E-state index is 5.70. The van der Waals surface area contributed by atoms with E-state index in [4.69, 9.17) is 5.73 Å². The highest BCUT2D eigenvalue weighted by Gasteiger charge is 1.93. The van der Waals surface area contributed by atoms with Gasteiger partial charge in [0.2, 0.25) is 0 Å².